The van der Waals surface area contributed by atoms with Gasteiger partial charge < -0.3 is 27.9 Å². The van der Waals surface area contributed by atoms with E-state index in [4.69, 9.17) is 24.3 Å². The van der Waals surface area contributed by atoms with Crippen LogP contribution in [0.1, 0.15) is 0 Å². The summed E-state index contributed by atoms with van der Waals surface area (Å²) in [5.41, 5.74) is 14.4. The molecule has 27 rings (SSSR count). The number of rotatable bonds is 15. The Morgan fingerprint density at radius 2 is 0.481 bits per heavy atom. The number of benzene rings is 13. The molecule has 0 unspecified atom stereocenters. The summed E-state index contributed by atoms with van der Waals surface area (Å²) in [6.45, 7) is 0. The number of aromatic nitrogens is 17. The molecule has 0 aliphatic heterocycles. The number of ether oxygens (including phenoxy) is 3. The van der Waals surface area contributed by atoms with Crippen molar-refractivity contribution in [2.45, 2.75) is 0 Å². The Labute approximate surface area is 813 Å². The predicted molar refractivity (Wildman–Crippen MR) is 518 cm³/mol. The fourth-order valence-corrected chi connectivity index (χ4v) is 18.4. The molecule has 0 atom stereocenters. The van der Waals surface area contributed by atoms with E-state index in [1.165, 1.54) is 10.8 Å². The SMILES string of the molecule is [Pt+2].[Pt+2].[Pt+2].[c-]1c(Oc2[c-]c3c(cc2)c2ccccc2n3-c2ccccn2)cccc1-n1nccc1-n1c2ccccc2c2ccccc21.[c-]1c(Oc2[c-]c3c(cc2)c2ccccc2n3-c2ccccn2)cccc1-n1nccc1-n1c2ccccc2c2cccnc21.[c-]1c(Oc2[c-]c3c(cc2)c2ccccc2n3-c2ccccn2)cccc1-n1nccc1-n1c2ccccc2c2ccncc21. The molecule has 0 fully saturated rings. The van der Waals surface area contributed by atoms with Gasteiger partial charge in [0.1, 0.15) is 40.6 Å². The van der Waals surface area contributed by atoms with Crippen molar-refractivity contribution in [2.75, 3.05) is 0 Å². The van der Waals surface area contributed by atoms with Crippen molar-refractivity contribution in [2.24, 2.45) is 0 Å². The molecule has 0 saturated carbocycles. The van der Waals surface area contributed by atoms with E-state index in [1.807, 2.05) is 227 Å². The Bertz CT molecular complexity index is 8160. The van der Waals surface area contributed by atoms with Crippen molar-refractivity contribution in [3.05, 3.63) is 444 Å². The van der Waals surface area contributed by atoms with Gasteiger partial charge in [-0.15, -0.1) is 107 Å². The van der Waals surface area contributed by atoms with Crippen LogP contribution in [0.3, 0.4) is 0 Å². The van der Waals surface area contributed by atoms with Gasteiger partial charge in [0.05, 0.1) is 52.4 Å². The average Bonchev–Trinajstić information content (AvgIpc) is 1.59. The summed E-state index contributed by atoms with van der Waals surface area (Å²) in [6.07, 6.45) is 16.4. The summed E-state index contributed by atoms with van der Waals surface area (Å²) < 4.78 is 37.7. The van der Waals surface area contributed by atoms with Crippen LogP contribution >= 0.6 is 0 Å². The molecular formula is C112H67N17O3Pt3. The number of para-hydroxylation sites is 7. The van der Waals surface area contributed by atoms with E-state index in [-0.39, 0.29) is 63.2 Å². The molecule has 27 aromatic rings. The second kappa shape index (κ2) is 35.7. The fourth-order valence-electron chi connectivity index (χ4n) is 18.4. The van der Waals surface area contributed by atoms with Crippen LogP contribution in [0, 0.1) is 36.4 Å². The molecule has 0 radical (unpaired) electrons. The van der Waals surface area contributed by atoms with Crippen LogP contribution in [0.5, 0.6) is 34.5 Å². The Balaban J connectivity index is 0.000000116. The zero-order valence-electron chi connectivity index (χ0n) is 71.0. The van der Waals surface area contributed by atoms with Gasteiger partial charge in [-0.1, -0.05) is 162 Å². The van der Waals surface area contributed by atoms with Crippen molar-refractivity contribution in [3.8, 4) is 86.5 Å². The number of hydrogen-bond acceptors (Lipinski definition) is 11. The van der Waals surface area contributed by atoms with Crippen LogP contribution in [0.25, 0.3) is 183 Å². The second-order valence-corrected chi connectivity index (χ2v) is 31.5. The number of fused-ring (bicyclic) bond motifs is 18. The number of pyridine rings is 5. The van der Waals surface area contributed by atoms with Gasteiger partial charge in [0.15, 0.2) is 0 Å². The van der Waals surface area contributed by atoms with Crippen LogP contribution in [-0.4, -0.2) is 81.7 Å². The molecule has 648 valence electrons. The summed E-state index contributed by atoms with van der Waals surface area (Å²) in [7, 11) is 0. The van der Waals surface area contributed by atoms with Crippen molar-refractivity contribution in [1.82, 2.24) is 81.7 Å². The molecule has 135 heavy (non-hydrogen) atoms. The van der Waals surface area contributed by atoms with Gasteiger partial charge in [0.25, 0.3) is 0 Å². The van der Waals surface area contributed by atoms with Crippen LogP contribution in [0.4, 0.5) is 0 Å². The zero-order valence-corrected chi connectivity index (χ0v) is 77.8. The molecule has 0 amide bonds. The third kappa shape index (κ3) is 14.8. The topological polar surface area (TPSA) is 175 Å². The molecule has 20 nitrogen and oxygen atoms in total. The molecule has 0 aliphatic carbocycles. The Kier molecular flexibility index (Phi) is 22.2. The summed E-state index contributed by atoms with van der Waals surface area (Å²) in [5, 5.41) is 27.7. The maximum absolute atomic E-state index is 6.39. The Morgan fingerprint density at radius 1 is 0.193 bits per heavy atom. The largest absolute Gasteiger partial charge is 2.00 e. The molecule has 14 heterocycles. The van der Waals surface area contributed by atoms with Gasteiger partial charge in [0.2, 0.25) is 0 Å². The van der Waals surface area contributed by atoms with E-state index in [9.17, 15) is 0 Å². The van der Waals surface area contributed by atoms with Crippen molar-refractivity contribution < 1.29 is 77.4 Å². The molecule has 0 bridgehead atoms. The first-order valence-corrected chi connectivity index (χ1v) is 43.0. The molecule has 0 N–H and O–H groups in total. The van der Waals surface area contributed by atoms with Gasteiger partial charge in [-0.25, -0.2) is 34.0 Å². The summed E-state index contributed by atoms with van der Waals surface area (Å²) >= 11 is 0. The predicted octanol–water partition coefficient (Wildman–Crippen LogP) is 25.3. The van der Waals surface area contributed by atoms with E-state index in [1.54, 1.807) is 31.0 Å². The third-order valence-corrected chi connectivity index (χ3v) is 24.0. The third-order valence-electron chi connectivity index (χ3n) is 24.0. The summed E-state index contributed by atoms with van der Waals surface area (Å²) in [4.78, 5) is 23.0. The first-order chi connectivity index (χ1) is 65.5. The molecule has 23 heteroatoms. The number of hydrogen-bond donors (Lipinski definition) is 0. The van der Waals surface area contributed by atoms with Crippen LogP contribution in [0.2, 0.25) is 0 Å². The van der Waals surface area contributed by atoms with E-state index in [0.29, 0.717) is 34.5 Å². The minimum absolute atomic E-state index is 0. The minimum atomic E-state index is 0. The smallest absolute Gasteiger partial charge is 0.509 e. The van der Waals surface area contributed by atoms with Gasteiger partial charge in [0, 0.05) is 133 Å². The van der Waals surface area contributed by atoms with E-state index in [0.717, 1.165) is 172 Å². The molecule has 13 aromatic carbocycles. The second-order valence-electron chi connectivity index (χ2n) is 31.5. The molecular weight excluding hydrogens is 2220 g/mol. The monoisotopic (exact) mass is 2280 g/mol. The van der Waals surface area contributed by atoms with Crippen molar-refractivity contribution >= 4 is 131 Å². The van der Waals surface area contributed by atoms with Gasteiger partial charge >= 0.3 is 63.2 Å². The van der Waals surface area contributed by atoms with E-state index < -0.39 is 0 Å². The summed E-state index contributed by atoms with van der Waals surface area (Å²) in [6, 6.07) is 139. The molecule has 0 aliphatic rings. The first kappa shape index (κ1) is 84.1. The van der Waals surface area contributed by atoms with Crippen LogP contribution in [-0.2, 0) is 63.2 Å². The van der Waals surface area contributed by atoms with Gasteiger partial charge in [-0.2, -0.15) is 51.7 Å². The van der Waals surface area contributed by atoms with Crippen molar-refractivity contribution in [3.63, 3.8) is 0 Å². The maximum Gasteiger partial charge on any atom is 2.00 e. The normalized spacial score (nSPS) is 11.4. The first-order valence-electron chi connectivity index (χ1n) is 43.0. The summed E-state index contributed by atoms with van der Waals surface area (Å²) in [5.74, 6) is 8.58. The average molecular weight is 2280 g/mol. The zero-order chi connectivity index (χ0) is 87.1. The van der Waals surface area contributed by atoms with Gasteiger partial charge in [-0.3, -0.25) is 18.7 Å². The fraction of sp³-hybridized carbons (Fsp3) is 0. The quantitative estimate of drug-likeness (QED) is 0.0893. The van der Waals surface area contributed by atoms with Crippen LogP contribution < -0.4 is 14.2 Å². The van der Waals surface area contributed by atoms with Gasteiger partial charge in [-0.05, 0) is 130 Å². The molecule has 0 saturated heterocycles. The number of nitrogens with zero attached hydrogens (tertiary/aromatic N) is 17. The minimum Gasteiger partial charge on any atom is -0.509 e. The maximum atomic E-state index is 6.39. The molecule has 14 aromatic heterocycles. The Morgan fingerprint density at radius 3 is 0.844 bits per heavy atom. The van der Waals surface area contributed by atoms with E-state index >= 15 is 0 Å². The Hall–Kier alpha value is -16.5. The molecule has 0 spiro atoms. The van der Waals surface area contributed by atoms with Crippen molar-refractivity contribution in [1.29, 1.82) is 0 Å². The standard InChI is InChI=1S/C38H23N5O.2C37H22N6O.3Pt/c1-4-15-33-31(14-1)32-20-19-28(25-36(32)41(33)37-18-7-8-22-39-37)44-27-11-9-10-26(24-27)43-38(21-23-40-43)42-34-16-5-2-12-29(34)30-13-3-6-17-35(30)42;1-3-14-32-28(11-1)30-18-17-27(24-34(30)41(32)35-16-5-6-20-38-35)44-26-10-7-9-25(23-26)43-36(19-22-40-43)42-33-15-4-2-12-29(33)31-13-8-21-39-37(31)42;1-3-12-32-28(10-1)30-16-15-27(23-34(30)41(32)36-14-5-6-19-39-36)44-26-9-7-8-25(22-26)43-37(18-21-40-43)42-33-13-4-2-11-29(33)31-17-20-38-24-35(31)42;;;/h1-23H;1-22H;1-21,24H;;;/q3*-2;3*+2. The van der Waals surface area contributed by atoms with Crippen LogP contribution in [0.15, 0.2) is 408 Å². The van der Waals surface area contributed by atoms with E-state index in [2.05, 4.69) is 258 Å².